The fourth-order valence-corrected chi connectivity index (χ4v) is 4.78. The second-order valence-corrected chi connectivity index (χ2v) is 8.01. The van der Waals surface area contributed by atoms with E-state index in [1.807, 2.05) is 42.5 Å². The van der Waals surface area contributed by atoms with Crippen LogP contribution in [0.5, 0.6) is 28.7 Å². The van der Waals surface area contributed by atoms with E-state index in [0.29, 0.717) is 16.9 Å². The van der Waals surface area contributed by atoms with Crippen LogP contribution in [0.15, 0.2) is 54.6 Å². The van der Waals surface area contributed by atoms with Crippen molar-refractivity contribution in [3.8, 4) is 39.2 Å². The minimum absolute atomic E-state index is 0.151. The normalized spacial score (nSPS) is 10.8. The largest absolute Gasteiger partial charge is 0.502 e. The molecule has 0 saturated heterocycles. The van der Waals surface area contributed by atoms with Gasteiger partial charge in [0.2, 0.25) is 5.75 Å². The van der Waals surface area contributed by atoms with E-state index < -0.39 is 0 Å². The predicted molar refractivity (Wildman–Crippen MR) is 125 cm³/mol. The summed E-state index contributed by atoms with van der Waals surface area (Å²) in [6.07, 6.45) is 0. The van der Waals surface area contributed by atoms with E-state index in [9.17, 15) is 9.90 Å². The standard InChI is InChI=1S/C25H22O6S/c1-28-16-7-5-14(6-8-16)25-22(18-10-9-17(29-2)13-21(18)32-25)23(26)15-11-19(30-3)24(27)20(12-15)31-4/h5-13,27H,1-4H3. The molecule has 0 radical (unpaired) electrons. The van der Waals surface area contributed by atoms with Gasteiger partial charge in [-0.15, -0.1) is 11.3 Å². The molecule has 1 aromatic heterocycles. The summed E-state index contributed by atoms with van der Waals surface area (Å²) in [5.41, 5.74) is 1.81. The Kier molecular flexibility index (Phi) is 5.92. The Labute approximate surface area is 189 Å². The van der Waals surface area contributed by atoms with E-state index in [1.165, 1.54) is 37.7 Å². The molecule has 0 saturated carbocycles. The van der Waals surface area contributed by atoms with Crippen LogP contribution in [0.3, 0.4) is 0 Å². The Morgan fingerprint density at radius 3 is 1.94 bits per heavy atom. The molecule has 3 aromatic carbocycles. The smallest absolute Gasteiger partial charge is 0.200 e. The Balaban J connectivity index is 1.95. The zero-order chi connectivity index (χ0) is 22.8. The number of fused-ring (bicyclic) bond motifs is 1. The van der Waals surface area contributed by atoms with Crippen LogP contribution in [-0.4, -0.2) is 39.3 Å². The van der Waals surface area contributed by atoms with E-state index in [1.54, 1.807) is 14.2 Å². The number of phenolic OH excluding ortho intramolecular Hbond substituents is 1. The molecule has 1 heterocycles. The fraction of sp³-hybridized carbons (Fsp3) is 0.160. The second-order valence-electron chi connectivity index (χ2n) is 6.96. The highest BCUT2D eigenvalue weighted by atomic mass is 32.1. The summed E-state index contributed by atoms with van der Waals surface area (Å²) < 4.78 is 22.1. The summed E-state index contributed by atoms with van der Waals surface area (Å²) in [6.45, 7) is 0. The number of benzene rings is 3. The number of phenols is 1. The summed E-state index contributed by atoms with van der Waals surface area (Å²) in [7, 11) is 6.08. The Morgan fingerprint density at radius 2 is 1.38 bits per heavy atom. The van der Waals surface area contributed by atoms with Gasteiger partial charge in [0.25, 0.3) is 0 Å². The van der Waals surface area contributed by atoms with E-state index in [-0.39, 0.29) is 23.0 Å². The van der Waals surface area contributed by atoms with Crippen molar-refractivity contribution in [2.75, 3.05) is 28.4 Å². The molecule has 0 unspecified atom stereocenters. The van der Waals surface area contributed by atoms with E-state index in [0.717, 1.165) is 26.3 Å². The van der Waals surface area contributed by atoms with Crippen molar-refractivity contribution in [3.63, 3.8) is 0 Å². The van der Waals surface area contributed by atoms with Gasteiger partial charge in [-0.05, 0) is 60.2 Å². The molecule has 1 N–H and O–H groups in total. The lowest BCUT2D eigenvalue weighted by Crippen LogP contribution is -2.04. The Hall–Kier alpha value is -3.71. The third-order valence-electron chi connectivity index (χ3n) is 5.22. The maximum atomic E-state index is 13.8. The van der Waals surface area contributed by atoms with Crippen molar-refractivity contribution in [1.29, 1.82) is 0 Å². The number of rotatable bonds is 7. The highest BCUT2D eigenvalue weighted by Crippen LogP contribution is 2.43. The Morgan fingerprint density at radius 1 is 0.781 bits per heavy atom. The first kappa shape index (κ1) is 21.5. The SMILES string of the molecule is COc1ccc(-c2sc3cc(OC)ccc3c2C(=O)c2cc(OC)c(O)c(OC)c2)cc1. The van der Waals surface area contributed by atoms with Crippen molar-refractivity contribution in [1.82, 2.24) is 0 Å². The molecule has 7 heteroatoms. The summed E-state index contributed by atoms with van der Waals surface area (Å²) in [4.78, 5) is 14.6. The molecule has 0 bridgehead atoms. The Bertz CT molecular complexity index is 1270. The number of carbonyl (C=O) groups excluding carboxylic acids is 1. The summed E-state index contributed by atoms with van der Waals surface area (Å²) in [6, 6.07) is 16.3. The summed E-state index contributed by atoms with van der Waals surface area (Å²) in [5, 5.41) is 11.1. The number of thiophene rings is 1. The molecular weight excluding hydrogens is 428 g/mol. The van der Waals surface area contributed by atoms with Crippen LogP contribution in [0.2, 0.25) is 0 Å². The maximum absolute atomic E-state index is 13.8. The zero-order valence-electron chi connectivity index (χ0n) is 18.1. The number of ketones is 1. The van der Waals surface area contributed by atoms with Crippen LogP contribution >= 0.6 is 11.3 Å². The van der Waals surface area contributed by atoms with Crippen molar-refractivity contribution >= 4 is 27.2 Å². The molecule has 0 atom stereocenters. The molecule has 4 aromatic rings. The zero-order valence-corrected chi connectivity index (χ0v) is 18.9. The molecule has 164 valence electrons. The minimum atomic E-state index is -0.205. The molecule has 0 aliphatic carbocycles. The van der Waals surface area contributed by atoms with Crippen LogP contribution in [-0.2, 0) is 0 Å². The van der Waals surface area contributed by atoms with E-state index >= 15 is 0 Å². The third-order valence-corrected chi connectivity index (χ3v) is 6.42. The van der Waals surface area contributed by atoms with Gasteiger partial charge >= 0.3 is 0 Å². The number of carbonyl (C=O) groups is 1. The van der Waals surface area contributed by atoms with Gasteiger partial charge in [0, 0.05) is 26.1 Å². The van der Waals surface area contributed by atoms with E-state index in [4.69, 9.17) is 18.9 Å². The van der Waals surface area contributed by atoms with Gasteiger partial charge < -0.3 is 24.1 Å². The van der Waals surface area contributed by atoms with Gasteiger partial charge in [0.1, 0.15) is 11.5 Å². The van der Waals surface area contributed by atoms with Crippen LogP contribution in [0, 0.1) is 0 Å². The van der Waals surface area contributed by atoms with E-state index in [2.05, 4.69) is 0 Å². The average molecular weight is 451 g/mol. The van der Waals surface area contributed by atoms with Gasteiger partial charge in [-0.3, -0.25) is 4.79 Å². The number of methoxy groups -OCH3 is 4. The molecular formula is C25H22O6S. The predicted octanol–water partition coefficient (Wildman–Crippen LogP) is 5.54. The first-order chi connectivity index (χ1) is 15.5. The van der Waals surface area contributed by atoms with Crippen LogP contribution < -0.4 is 18.9 Å². The number of hydrogen-bond donors (Lipinski definition) is 1. The minimum Gasteiger partial charge on any atom is -0.502 e. The maximum Gasteiger partial charge on any atom is 0.200 e. The molecule has 0 fully saturated rings. The topological polar surface area (TPSA) is 74.2 Å². The molecule has 0 aliphatic rings. The van der Waals surface area contributed by atoms with Gasteiger partial charge in [0.15, 0.2) is 17.3 Å². The van der Waals surface area contributed by atoms with Gasteiger partial charge in [-0.2, -0.15) is 0 Å². The van der Waals surface area contributed by atoms with Gasteiger partial charge in [-0.25, -0.2) is 0 Å². The van der Waals surface area contributed by atoms with Crippen molar-refractivity contribution in [3.05, 3.63) is 65.7 Å². The lowest BCUT2D eigenvalue weighted by atomic mass is 9.97. The summed E-state index contributed by atoms with van der Waals surface area (Å²) >= 11 is 1.51. The molecule has 0 aliphatic heterocycles. The molecule has 6 nitrogen and oxygen atoms in total. The van der Waals surface area contributed by atoms with Gasteiger partial charge in [0.05, 0.1) is 28.4 Å². The van der Waals surface area contributed by atoms with Crippen LogP contribution in [0.1, 0.15) is 15.9 Å². The first-order valence-electron chi connectivity index (χ1n) is 9.75. The van der Waals surface area contributed by atoms with Crippen LogP contribution in [0.4, 0.5) is 0 Å². The third kappa shape index (κ3) is 3.71. The quantitative estimate of drug-likeness (QED) is 0.373. The average Bonchev–Trinajstić information content (AvgIpc) is 3.22. The lowest BCUT2D eigenvalue weighted by molar-refractivity contribution is 0.104. The molecule has 4 rings (SSSR count). The first-order valence-corrected chi connectivity index (χ1v) is 10.6. The lowest BCUT2D eigenvalue weighted by Gasteiger charge is -2.12. The number of aromatic hydroxyl groups is 1. The molecule has 32 heavy (non-hydrogen) atoms. The molecule has 0 amide bonds. The highest BCUT2D eigenvalue weighted by molar-refractivity contribution is 7.22. The van der Waals surface area contributed by atoms with Crippen molar-refractivity contribution in [2.45, 2.75) is 0 Å². The highest BCUT2D eigenvalue weighted by Gasteiger charge is 2.24. The van der Waals surface area contributed by atoms with Gasteiger partial charge in [-0.1, -0.05) is 0 Å². The number of ether oxygens (including phenoxy) is 4. The van der Waals surface area contributed by atoms with Crippen molar-refractivity contribution < 1.29 is 28.8 Å². The van der Waals surface area contributed by atoms with Crippen molar-refractivity contribution in [2.24, 2.45) is 0 Å². The van der Waals surface area contributed by atoms with Crippen LogP contribution in [0.25, 0.3) is 20.5 Å². The summed E-state index contributed by atoms with van der Waals surface area (Å²) in [5.74, 6) is 1.43. The number of hydrogen-bond acceptors (Lipinski definition) is 7. The fourth-order valence-electron chi connectivity index (χ4n) is 3.54. The second kappa shape index (κ2) is 8.80. The monoisotopic (exact) mass is 450 g/mol. The molecule has 0 spiro atoms.